The molecule has 1 aromatic carbocycles. The molecule has 8 nitrogen and oxygen atoms in total. The molecule has 0 N–H and O–H groups in total. The molecule has 2 aromatic heterocycles. The highest BCUT2D eigenvalue weighted by atomic mass is 16.2. The average Bonchev–Trinajstić information content (AvgIpc) is 3.06. The second kappa shape index (κ2) is 6.47. The fourth-order valence-corrected chi connectivity index (χ4v) is 3.75. The van der Waals surface area contributed by atoms with E-state index in [2.05, 4.69) is 24.0 Å². The first kappa shape index (κ1) is 18.2. The first-order chi connectivity index (χ1) is 13.3. The standard InChI is InChI=1S/C20H24N6O2/c1-6-24-18(27)16-17(23(5)20(24)28)21-19-25(22-13(3)14(4)26(16)19)11-15-9-7-8-12(2)10-15/h7-10,14H,6,11H2,1-5H3. The van der Waals surface area contributed by atoms with Gasteiger partial charge < -0.3 is 0 Å². The largest absolute Gasteiger partial charge is 0.332 e. The van der Waals surface area contributed by atoms with Crippen molar-refractivity contribution in [3.05, 3.63) is 56.2 Å². The van der Waals surface area contributed by atoms with Crippen molar-refractivity contribution in [1.29, 1.82) is 0 Å². The number of imidazole rings is 1. The van der Waals surface area contributed by atoms with E-state index in [0.29, 0.717) is 30.2 Å². The number of hydrogen-bond donors (Lipinski definition) is 0. The average molecular weight is 380 g/mol. The Hall–Kier alpha value is -3.16. The highest BCUT2D eigenvalue weighted by Crippen LogP contribution is 2.30. The molecule has 0 radical (unpaired) electrons. The third-order valence-electron chi connectivity index (χ3n) is 5.39. The maximum Gasteiger partial charge on any atom is 0.332 e. The van der Waals surface area contributed by atoms with Crippen LogP contribution in [0.5, 0.6) is 0 Å². The molecule has 146 valence electrons. The fourth-order valence-electron chi connectivity index (χ4n) is 3.75. The molecule has 1 atom stereocenters. The van der Waals surface area contributed by atoms with Gasteiger partial charge in [0.15, 0.2) is 11.2 Å². The first-order valence-electron chi connectivity index (χ1n) is 9.43. The Morgan fingerprint density at radius 1 is 1.18 bits per heavy atom. The van der Waals surface area contributed by atoms with Crippen molar-refractivity contribution >= 4 is 22.8 Å². The third kappa shape index (κ3) is 2.59. The molecule has 4 rings (SSSR count). The molecule has 1 aliphatic rings. The van der Waals surface area contributed by atoms with Crippen LogP contribution in [-0.2, 0) is 20.1 Å². The van der Waals surface area contributed by atoms with Gasteiger partial charge >= 0.3 is 5.69 Å². The highest BCUT2D eigenvalue weighted by molar-refractivity contribution is 5.91. The van der Waals surface area contributed by atoms with Gasteiger partial charge in [0.2, 0.25) is 5.95 Å². The summed E-state index contributed by atoms with van der Waals surface area (Å²) in [6.45, 7) is 8.63. The molecule has 3 heterocycles. The van der Waals surface area contributed by atoms with E-state index in [1.54, 1.807) is 14.0 Å². The van der Waals surface area contributed by atoms with Gasteiger partial charge in [-0.25, -0.2) is 9.80 Å². The number of hydrogen-bond acceptors (Lipinski definition) is 5. The van der Waals surface area contributed by atoms with E-state index in [1.165, 1.54) is 14.7 Å². The van der Waals surface area contributed by atoms with Gasteiger partial charge in [-0.15, -0.1) is 0 Å². The summed E-state index contributed by atoms with van der Waals surface area (Å²) >= 11 is 0. The minimum Gasteiger partial charge on any atom is -0.294 e. The van der Waals surface area contributed by atoms with Crippen molar-refractivity contribution in [3.8, 4) is 0 Å². The van der Waals surface area contributed by atoms with Gasteiger partial charge in [0, 0.05) is 13.6 Å². The molecule has 0 bridgehead atoms. The quantitative estimate of drug-likeness (QED) is 0.698. The summed E-state index contributed by atoms with van der Waals surface area (Å²) < 4.78 is 4.59. The zero-order valence-electron chi connectivity index (χ0n) is 16.8. The number of benzene rings is 1. The fraction of sp³-hybridized carbons (Fsp3) is 0.400. The summed E-state index contributed by atoms with van der Waals surface area (Å²) in [6.07, 6.45) is 0. The lowest BCUT2D eigenvalue weighted by Gasteiger charge is -2.29. The van der Waals surface area contributed by atoms with Crippen molar-refractivity contribution in [2.75, 3.05) is 5.01 Å². The molecule has 0 saturated carbocycles. The molecule has 28 heavy (non-hydrogen) atoms. The summed E-state index contributed by atoms with van der Waals surface area (Å²) in [7, 11) is 1.65. The lowest BCUT2D eigenvalue weighted by Crippen LogP contribution is -2.40. The van der Waals surface area contributed by atoms with E-state index in [0.717, 1.165) is 11.3 Å². The van der Waals surface area contributed by atoms with Crippen LogP contribution in [0.3, 0.4) is 0 Å². The molecular formula is C20H24N6O2. The van der Waals surface area contributed by atoms with Crippen LogP contribution in [-0.4, -0.2) is 24.4 Å². The second-order valence-corrected chi connectivity index (χ2v) is 7.31. The van der Waals surface area contributed by atoms with Gasteiger partial charge in [0.1, 0.15) is 0 Å². The summed E-state index contributed by atoms with van der Waals surface area (Å²) in [5.74, 6) is 0.579. The molecule has 8 heteroatoms. The van der Waals surface area contributed by atoms with Crippen LogP contribution >= 0.6 is 0 Å². The van der Waals surface area contributed by atoms with Crippen LogP contribution in [0, 0.1) is 6.92 Å². The lowest BCUT2D eigenvalue weighted by atomic mass is 10.1. The van der Waals surface area contributed by atoms with Crippen molar-refractivity contribution in [2.45, 2.75) is 46.8 Å². The van der Waals surface area contributed by atoms with E-state index in [1.807, 2.05) is 35.6 Å². The van der Waals surface area contributed by atoms with Gasteiger partial charge in [0.25, 0.3) is 5.56 Å². The van der Waals surface area contributed by atoms with Crippen molar-refractivity contribution in [2.24, 2.45) is 12.1 Å². The van der Waals surface area contributed by atoms with E-state index >= 15 is 0 Å². The first-order valence-corrected chi connectivity index (χ1v) is 9.43. The maximum absolute atomic E-state index is 13.1. The number of aromatic nitrogens is 4. The Balaban J connectivity index is 1.97. The number of rotatable bonds is 3. The second-order valence-electron chi connectivity index (χ2n) is 7.31. The Kier molecular flexibility index (Phi) is 4.21. The van der Waals surface area contributed by atoms with E-state index in [9.17, 15) is 9.59 Å². The number of aryl methyl sites for hydroxylation is 2. The Morgan fingerprint density at radius 3 is 2.61 bits per heavy atom. The topological polar surface area (TPSA) is 77.4 Å². The molecule has 0 fully saturated rings. The summed E-state index contributed by atoms with van der Waals surface area (Å²) in [4.78, 5) is 30.3. The Morgan fingerprint density at radius 2 is 1.93 bits per heavy atom. The smallest absolute Gasteiger partial charge is 0.294 e. The van der Waals surface area contributed by atoms with Crippen LogP contribution in [0.15, 0.2) is 39.0 Å². The minimum atomic E-state index is -0.356. The molecule has 0 saturated heterocycles. The van der Waals surface area contributed by atoms with Crippen LogP contribution in [0.2, 0.25) is 0 Å². The zero-order valence-corrected chi connectivity index (χ0v) is 16.8. The van der Waals surface area contributed by atoms with Crippen LogP contribution < -0.4 is 16.3 Å². The SMILES string of the molecule is CCn1c(=O)c2c(nc3n2C(C)C(C)=NN3Cc2cccc(C)c2)n(C)c1=O. The minimum absolute atomic E-state index is 0.121. The van der Waals surface area contributed by atoms with Gasteiger partial charge in [0.05, 0.1) is 18.3 Å². The van der Waals surface area contributed by atoms with E-state index < -0.39 is 0 Å². The molecule has 0 aliphatic carbocycles. The van der Waals surface area contributed by atoms with Crippen molar-refractivity contribution < 1.29 is 0 Å². The highest BCUT2D eigenvalue weighted by Gasteiger charge is 2.30. The Bertz CT molecular complexity index is 1230. The van der Waals surface area contributed by atoms with Crippen LogP contribution in [0.4, 0.5) is 5.95 Å². The number of fused-ring (bicyclic) bond motifs is 3. The van der Waals surface area contributed by atoms with E-state index in [4.69, 9.17) is 5.10 Å². The van der Waals surface area contributed by atoms with Crippen molar-refractivity contribution in [3.63, 3.8) is 0 Å². The van der Waals surface area contributed by atoms with Crippen LogP contribution in [0.25, 0.3) is 11.2 Å². The lowest BCUT2D eigenvalue weighted by molar-refractivity contribution is 0.618. The predicted octanol–water partition coefficient (Wildman–Crippen LogP) is 2.18. The summed E-state index contributed by atoms with van der Waals surface area (Å²) in [5, 5.41) is 6.53. The molecule has 0 amide bonds. The molecule has 0 spiro atoms. The predicted molar refractivity (Wildman–Crippen MR) is 110 cm³/mol. The van der Waals surface area contributed by atoms with E-state index in [-0.39, 0.29) is 17.3 Å². The summed E-state index contributed by atoms with van der Waals surface area (Å²) in [5.41, 5.74) is 3.32. The molecular weight excluding hydrogens is 356 g/mol. The van der Waals surface area contributed by atoms with Gasteiger partial charge in [-0.1, -0.05) is 29.8 Å². The van der Waals surface area contributed by atoms with Crippen molar-refractivity contribution in [1.82, 2.24) is 18.7 Å². The summed E-state index contributed by atoms with van der Waals surface area (Å²) in [6, 6.07) is 8.09. The monoisotopic (exact) mass is 380 g/mol. The zero-order chi connectivity index (χ0) is 20.2. The normalized spacial score (nSPS) is 16.4. The number of nitrogens with zero attached hydrogens (tertiary/aromatic N) is 6. The maximum atomic E-state index is 13.1. The molecule has 1 aliphatic heterocycles. The van der Waals surface area contributed by atoms with Gasteiger partial charge in [-0.05, 0) is 33.3 Å². The van der Waals surface area contributed by atoms with Gasteiger partial charge in [-0.3, -0.25) is 18.5 Å². The van der Waals surface area contributed by atoms with Gasteiger partial charge in [-0.2, -0.15) is 10.1 Å². The number of hydrazone groups is 1. The number of anilines is 1. The third-order valence-corrected chi connectivity index (χ3v) is 5.39. The molecule has 1 unspecified atom stereocenters. The van der Waals surface area contributed by atoms with Crippen LogP contribution in [0.1, 0.15) is 37.9 Å². The molecule has 3 aromatic rings. The Labute approximate surface area is 162 Å².